The van der Waals surface area contributed by atoms with Crippen molar-refractivity contribution in [3.8, 4) is 44.8 Å². The zero-order chi connectivity index (χ0) is 35.6. The van der Waals surface area contributed by atoms with Crippen LogP contribution in [0, 0.1) is 0 Å². The van der Waals surface area contributed by atoms with Crippen molar-refractivity contribution in [2.75, 3.05) is 0 Å². The fraction of sp³-hybridized carbons (Fsp3) is 0. The van der Waals surface area contributed by atoms with Crippen LogP contribution in [0.5, 0.6) is 0 Å². The molecule has 11 aromatic rings. The summed E-state index contributed by atoms with van der Waals surface area (Å²) in [4.78, 5) is 0. The normalized spacial score (nSPS) is 11.7. The number of hydrogen-bond acceptors (Lipinski definition) is 0. The highest BCUT2D eigenvalue weighted by atomic mass is 15.0. The van der Waals surface area contributed by atoms with E-state index < -0.39 is 0 Å². The molecule has 0 saturated heterocycles. The molecule has 0 fully saturated rings. The van der Waals surface area contributed by atoms with Gasteiger partial charge in [-0.1, -0.05) is 140 Å². The van der Waals surface area contributed by atoms with Crippen molar-refractivity contribution in [3.05, 3.63) is 206 Å². The van der Waals surface area contributed by atoms with Gasteiger partial charge in [-0.2, -0.15) is 0 Å². The highest BCUT2D eigenvalue weighted by molar-refractivity contribution is 6.13. The van der Waals surface area contributed by atoms with Gasteiger partial charge in [0.15, 0.2) is 0 Å². The molecular weight excluding hydrogens is 653 g/mol. The molecule has 54 heavy (non-hydrogen) atoms. The fourth-order valence-electron chi connectivity index (χ4n) is 8.48. The highest BCUT2D eigenvalue weighted by Gasteiger charge is 2.16. The molecule has 2 heteroatoms. The average Bonchev–Trinajstić information content (AvgIpc) is 3.76. The second-order valence-electron chi connectivity index (χ2n) is 14.2. The van der Waals surface area contributed by atoms with Gasteiger partial charge in [-0.05, 0) is 111 Å². The molecule has 0 aliphatic rings. The Kier molecular flexibility index (Phi) is 6.90. The lowest BCUT2D eigenvalue weighted by Gasteiger charge is -2.11. The van der Waals surface area contributed by atoms with Crippen LogP contribution in [0.4, 0.5) is 0 Å². The molecule has 0 bridgehead atoms. The van der Waals surface area contributed by atoms with Gasteiger partial charge in [0.1, 0.15) is 0 Å². The molecule has 0 aliphatic heterocycles. The summed E-state index contributed by atoms with van der Waals surface area (Å²) < 4.78 is 4.81. The van der Waals surface area contributed by atoms with Gasteiger partial charge in [-0.25, -0.2) is 0 Å². The Morgan fingerprint density at radius 2 is 0.630 bits per heavy atom. The molecule has 0 aliphatic carbocycles. The Morgan fingerprint density at radius 3 is 1.24 bits per heavy atom. The van der Waals surface area contributed by atoms with Crippen molar-refractivity contribution in [3.63, 3.8) is 0 Å². The predicted octanol–water partition coefficient (Wildman–Crippen LogP) is 14.0. The minimum atomic E-state index is 1.16. The van der Waals surface area contributed by atoms with Gasteiger partial charge >= 0.3 is 0 Å². The molecule has 2 nitrogen and oxygen atoms in total. The highest BCUT2D eigenvalue weighted by Crippen LogP contribution is 2.39. The lowest BCUT2D eigenvalue weighted by atomic mass is 10.0. The third-order valence-electron chi connectivity index (χ3n) is 11.1. The molecule has 0 saturated carbocycles. The number of benzene rings is 9. The van der Waals surface area contributed by atoms with Gasteiger partial charge in [0.25, 0.3) is 0 Å². The summed E-state index contributed by atoms with van der Waals surface area (Å²) in [5, 5.41) is 7.49. The molecule has 0 spiro atoms. The van der Waals surface area contributed by atoms with Crippen molar-refractivity contribution in [2.45, 2.75) is 0 Å². The van der Waals surface area contributed by atoms with Crippen LogP contribution < -0.4 is 0 Å². The standard InChI is InChI=1S/C52H34N2/c1-3-11-35(12-4-1)37-21-26-43(27-22-37)53-49-17-9-7-15-45(49)47-33-40(24-29-51(47)53)41-25-30-52-48(34-41)46-16-8-10-18-50(46)54(52)44-28-23-38-19-20-39(31-42(38)32-44)36-13-5-2-6-14-36/h1-34H. The number of hydrogen-bond donors (Lipinski definition) is 0. The van der Waals surface area contributed by atoms with Crippen LogP contribution in [0.2, 0.25) is 0 Å². The van der Waals surface area contributed by atoms with Gasteiger partial charge in [0, 0.05) is 32.9 Å². The van der Waals surface area contributed by atoms with Gasteiger partial charge in [0.05, 0.1) is 22.1 Å². The second-order valence-corrected chi connectivity index (χ2v) is 14.2. The fourth-order valence-corrected chi connectivity index (χ4v) is 8.48. The summed E-state index contributed by atoms with van der Waals surface area (Å²) in [6, 6.07) is 75.2. The summed E-state index contributed by atoms with van der Waals surface area (Å²) in [5.74, 6) is 0. The number of rotatable bonds is 5. The molecule has 0 N–H and O–H groups in total. The van der Waals surface area contributed by atoms with Crippen molar-refractivity contribution < 1.29 is 0 Å². The Hall–Kier alpha value is -7.16. The SMILES string of the molecule is c1ccc(-c2ccc(-n3c4ccccc4c4cc(-c5ccc6c(c5)c5ccccc5n6-c5ccc6ccc(-c7ccccc7)cc6c5)ccc43)cc2)cc1. The minimum absolute atomic E-state index is 1.16. The summed E-state index contributed by atoms with van der Waals surface area (Å²) in [6.07, 6.45) is 0. The van der Waals surface area contributed by atoms with Crippen molar-refractivity contribution >= 4 is 54.4 Å². The van der Waals surface area contributed by atoms with E-state index in [4.69, 9.17) is 0 Å². The third-order valence-corrected chi connectivity index (χ3v) is 11.1. The maximum absolute atomic E-state index is 2.42. The number of aromatic nitrogens is 2. The van der Waals surface area contributed by atoms with Crippen molar-refractivity contribution in [1.82, 2.24) is 9.13 Å². The van der Waals surface area contributed by atoms with E-state index in [1.807, 2.05) is 0 Å². The molecule has 11 rings (SSSR count). The van der Waals surface area contributed by atoms with Crippen LogP contribution in [-0.2, 0) is 0 Å². The van der Waals surface area contributed by atoms with E-state index in [0.717, 1.165) is 11.4 Å². The second kappa shape index (κ2) is 12.2. The van der Waals surface area contributed by atoms with Crippen LogP contribution in [0.1, 0.15) is 0 Å². The number of nitrogens with zero attached hydrogens (tertiary/aromatic N) is 2. The zero-order valence-corrected chi connectivity index (χ0v) is 29.5. The lowest BCUT2D eigenvalue weighted by Crippen LogP contribution is -1.94. The molecule has 252 valence electrons. The number of para-hydroxylation sites is 2. The van der Waals surface area contributed by atoms with Crippen LogP contribution in [0.25, 0.3) is 99.1 Å². The first-order valence-corrected chi connectivity index (χ1v) is 18.6. The van der Waals surface area contributed by atoms with Crippen LogP contribution >= 0.6 is 0 Å². The maximum Gasteiger partial charge on any atom is 0.0541 e. The smallest absolute Gasteiger partial charge is 0.0541 e. The topological polar surface area (TPSA) is 9.86 Å². The molecule has 2 heterocycles. The van der Waals surface area contributed by atoms with Crippen molar-refractivity contribution in [1.29, 1.82) is 0 Å². The Balaban J connectivity index is 1.03. The van der Waals surface area contributed by atoms with Gasteiger partial charge in [-0.15, -0.1) is 0 Å². The Labute approximate surface area is 313 Å². The van der Waals surface area contributed by atoms with Crippen LogP contribution in [-0.4, -0.2) is 9.13 Å². The Bertz CT molecular complexity index is 3180. The van der Waals surface area contributed by atoms with E-state index in [1.165, 1.54) is 87.8 Å². The number of fused-ring (bicyclic) bond motifs is 7. The first-order valence-electron chi connectivity index (χ1n) is 18.6. The van der Waals surface area contributed by atoms with Gasteiger partial charge < -0.3 is 9.13 Å². The molecule has 9 aromatic carbocycles. The van der Waals surface area contributed by atoms with E-state index in [2.05, 4.69) is 215 Å². The monoisotopic (exact) mass is 686 g/mol. The first-order chi connectivity index (χ1) is 26.8. The molecule has 2 aromatic heterocycles. The Morgan fingerprint density at radius 1 is 0.222 bits per heavy atom. The summed E-state index contributed by atoms with van der Waals surface area (Å²) in [6.45, 7) is 0. The van der Waals surface area contributed by atoms with E-state index >= 15 is 0 Å². The summed E-state index contributed by atoms with van der Waals surface area (Å²) >= 11 is 0. The van der Waals surface area contributed by atoms with E-state index in [1.54, 1.807) is 0 Å². The molecule has 0 atom stereocenters. The van der Waals surface area contributed by atoms with E-state index in [-0.39, 0.29) is 0 Å². The molecule has 0 unspecified atom stereocenters. The largest absolute Gasteiger partial charge is 0.309 e. The van der Waals surface area contributed by atoms with Gasteiger partial charge in [0.2, 0.25) is 0 Å². The van der Waals surface area contributed by atoms with E-state index in [9.17, 15) is 0 Å². The minimum Gasteiger partial charge on any atom is -0.309 e. The quantitative estimate of drug-likeness (QED) is 0.171. The third kappa shape index (κ3) is 4.88. The zero-order valence-electron chi connectivity index (χ0n) is 29.5. The first kappa shape index (κ1) is 30.5. The summed E-state index contributed by atoms with van der Waals surface area (Å²) in [5.41, 5.74) is 14.5. The average molecular weight is 687 g/mol. The van der Waals surface area contributed by atoms with Crippen LogP contribution in [0.3, 0.4) is 0 Å². The van der Waals surface area contributed by atoms with Gasteiger partial charge in [-0.3, -0.25) is 0 Å². The summed E-state index contributed by atoms with van der Waals surface area (Å²) in [7, 11) is 0. The van der Waals surface area contributed by atoms with E-state index in [0.29, 0.717) is 0 Å². The van der Waals surface area contributed by atoms with Crippen molar-refractivity contribution in [2.24, 2.45) is 0 Å². The van der Waals surface area contributed by atoms with Crippen LogP contribution in [0.15, 0.2) is 206 Å². The molecule has 0 radical (unpaired) electrons. The lowest BCUT2D eigenvalue weighted by molar-refractivity contribution is 1.18. The molecular formula is C52H34N2. The predicted molar refractivity (Wildman–Crippen MR) is 229 cm³/mol. The molecule has 0 amide bonds. The maximum atomic E-state index is 2.42.